The SMILES string of the molecule is CCC(C)CC(=O)N1CCC(c2ccc(NC(=O)C3CCN(c4cccnn4)C3)cc2)CC1. The van der Waals surface area contributed by atoms with Crippen LogP contribution in [0.4, 0.5) is 11.5 Å². The Morgan fingerprint density at radius 1 is 1.09 bits per heavy atom. The van der Waals surface area contributed by atoms with Crippen molar-refractivity contribution in [3.05, 3.63) is 48.2 Å². The van der Waals surface area contributed by atoms with Gasteiger partial charge in [0.2, 0.25) is 11.8 Å². The number of piperidine rings is 1. The smallest absolute Gasteiger partial charge is 0.229 e. The highest BCUT2D eigenvalue weighted by Crippen LogP contribution is 2.30. The van der Waals surface area contributed by atoms with E-state index in [4.69, 9.17) is 0 Å². The molecule has 3 heterocycles. The van der Waals surface area contributed by atoms with Crippen LogP contribution in [0.3, 0.4) is 0 Å². The Hall–Kier alpha value is -2.96. The molecule has 2 atom stereocenters. The first kappa shape index (κ1) is 23.2. The highest BCUT2D eigenvalue weighted by atomic mass is 16.2. The van der Waals surface area contributed by atoms with E-state index in [0.717, 1.165) is 56.8 Å². The van der Waals surface area contributed by atoms with Crippen molar-refractivity contribution in [1.29, 1.82) is 0 Å². The van der Waals surface area contributed by atoms with Crippen LogP contribution < -0.4 is 10.2 Å². The number of carbonyl (C=O) groups is 2. The highest BCUT2D eigenvalue weighted by molar-refractivity contribution is 5.93. The Morgan fingerprint density at radius 3 is 2.52 bits per heavy atom. The third-order valence-electron chi connectivity index (χ3n) is 7.16. The number of benzene rings is 1. The maximum Gasteiger partial charge on any atom is 0.229 e. The summed E-state index contributed by atoms with van der Waals surface area (Å²) in [6, 6.07) is 12.0. The summed E-state index contributed by atoms with van der Waals surface area (Å²) in [6.07, 6.45) is 6.18. The lowest BCUT2D eigenvalue weighted by Gasteiger charge is -2.33. The monoisotopic (exact) mass is 449 g/mol. The fraction of sp³-hybridized carbons (Fsp3) is 0.538. The molecule has 2 saturated heterocycles. The molecule has 0 saturated carbocycles. The van der Waals surface area contributed by atoms with Gasteiger partial charge in [0.05, 0.1) is 5.92 Å². The number of hydrogen-bond donors (Lipinski definition) is 1. The predicted octanol–water partition coefficient (Wildman–Crippen LogP) is 4.08. The van der Waals surface area contributed by atoms with Gasteiger partial charge in [0.25, 0.3) is 0 Å². The van der Waals surface area contributed by atoms with Crippen molar-refractivity contribution in [1.82, 2.24) is 15.1 Å². The fourth-order valence-corrected chi connectivity index (χ4v) is 4.76. The second-order valence-electron chi connectivity index (χ2n) is 9.50. The van der Waals surface area contributed by atoms with Gasteiger partial charge in [0.1, 0.15) is 0 Å². The summed E-state index contributed by atoms with van der Waals surface area (Å²) in [7, 11) is 0. The third-order valence-corrected chi connectivity index (χ3v) is 7.16. The van der Waals surface area contributed by atoms with Gasteiger partial charge in [-0.3, -0.25) is 9.59 Å². The van der Waals surface area contributed by atoms with E-state index in [1.807, 2.05) is 29.2 Å². The van der Waals surface area contributed by atoms with Crippen molar-refractivity contribution < 1.29 is 9.59 Å². The number of amides is 2. The predicted molar refractivity (Wildman–Crippen MR) is 130 cm³/mol. The Morgan fingerprint density at radius 2 is 1.85 bits per heavy atom. The molecule has 2 aliphatic heterocycles. The van der Waals surface area contributed by atoms with E-state index in [0.29, 0.717) is 30.7 Å². The van der Waals surface area contributed by atoms with E-state index >= 15 is 0 Å². The first-order valence-electron chi connectivity index (χ1n) is 12.2. The van der Waals surface area contributed by atoms with Gasteiger partial charge >= 0.3 is 0 Å². The number of hydrogen-bond acceptors (Lipinski definition) is 5. The van der Waals surface area contributed by atoms with Crippen molar-refractivity contribution in [3.8, 4) is 0 Å². The molecule has 0 spiro atoms. The Bertz CT molecular complexity index is 925. The lowest BCUT2D eigenvalue weighted by Crippen LogP contribution is -2.38. The molecule has 7 heteroatoms. The zero-order valence-corrected chi connectivity index (χ0v) is 19.7. The molecule has 0 bridgehead atoms. The van der Waals surface area contributed by atoms with E-state index in [2.05, 4.69) is 46.4 Å². The minimum absolute atomic E-state index is 0.0519. The van der Waals surface area contributed by atoms with Crippen molar-refractivity contribution >= 4 is 23.3 Å². The van der Waals surface area contributed by atoms with Gasteiger partial charge in [-0.1, -0.05) is 32.4 Å². The van der Waals surface area contributed by atoms with E-state index in [-0.39, 0.29) is 11.8 Å². The Labute approximate surface area is 196 Å². The summed E-state index contributed by atoms with van der Waals surface area (Å²) >= 11 is 0. The number of nitrogens with zero attached hydrogens (tertiary/aromatic N) is 4. The third kappa shape index (κ3) is 5.89. The quantitative estimate of drug-likeness (QED) is 0.689. The second-order valence-corrected chi connectivity index (χ2v) is 9.50. The summed E-state index contributed by atoms with van der Waals surface area (Å²) in [5.74, 6) is 2.05. The molecule has 2 fully saturated rings. The Balaban J connectivity index is 1.25. The van der Waals surface area contributed by atoms with Crippen LogP contribution in [0.1, 0.15) is 57.4 Å². The zero-order chi connectivity index (χ0) is 23.2. The average Bonchev–Trinajstić information content (AvgIpc) is 3.36. The number of nitrogens with one attached hydrogen (secondary N) is 1. The van der Waals surface area contributed by atoms with Gasteiger partial charge in [-0.15, -0.1) is 5.10 Å². The number of aromatic nitrogens is 2. The zero-order valence-electron chi connectivity index (χ0n) is 19.7. The van der Waals surface area contributed by atoms with Crippen LogP contribution in [-0.2, 0) is 9.59 Å². The molecule has 2 amide bonds. The number of rotatable bonds is 7. The molecule has 0 aliphatic carbocycles. The second kappa shape index (κ2) is 10.8. The largest absolute Gasteiger partial charge is 0.354 e. The topological polar surface area (TPSA) is 78.4 Å². The molecule has 0 radical (unpaired) electrons. The molecule has 2 aromatic rings. The molecule has 4 rings (SSSR count). The van der Waals surface area contributed by atoms with Crippen LogP contribution in [0.15, 0.2) is 42.6 Å². The summed E-state index contributed by atoms with van der Waals surface area (Å²) in [6.45, 7) is 7.43. The summed E-state index contributed by atoms with van der Waals surface area (Å²) < 4.78 is 0. The van der Waals surface area contributed by atoms with E-state index in [1.54, 1.807) is 6.20 Å². The van der Waals surface area contributed by atoms with Crippen LogP contribution in [0.2, 0.25) is 0 Å². The fourth-order valence-electron chi connectivity index (χ4n) is 4.76. The molecule has 1 aromatic carbocycles. The minimum Gasteiger partial charge on any atom is -0.354 e. The Kier molecular flexibility index (Phi) is 7.57. The number of anilines is 2. The molecule has 1 N–H and O–H groups in total. The standard InChI is InChI=1S/C26H35N5O2/c1-3-19(2)17-25(32)30-14-10-21(11-15-30)20-6-8-23(9-7-20)28-26(33)22-12-16-31(18-22)24-5-4-13-27-29-24/h4-9,13,19,21-22H,3,10-12,14-18H2,1-2H3,(H,28,33). The molecule has 176 valence electrons. The van der Waals surface area contributed by atoms with Gasteiger partial charge in [-0.25, -0.2) is 0 Å². The first-order chi connectivity index (χ1) is 16.0. The summed E-state index contributed by atoms with van der Waals surface area (Å²) in [5.41, 5.74) is 2.12. The summed E-state index contributed by atoms with van der Waals surface area (Å²) in [4.78, 5) is 29.4. The maximum atomic E-state index is 12.8. The molecule has 2 aliphatic rings. The van der Waals surface area contributed by atoms with E-state index < -0.39 is 0 Å². The van der Waals surface area contributed by atoms with E-state index in [1.165, 1.54) is 5.56 Å². The highest BCUT2D eigenvalue weighted by Gasteiger charge is 2.29. The maximum absolute atomic E-state index is 12.8. The molecular weight excluding hydrogens is 414 g/mol. The molecule has 1 aromatic heterocycles. The van der Waals surface area contributed by atoms with Crippen molar-refractivity contribution in [2.24, 2.45) is 11.8 Å². The number of likely N-dealkylation sites (tertiary alicyclic amines) is 1. The number of carbonyl (C=O) groups excluding carboxylic acids is 2. The molecule has 33 heavy (non-hydrogen) atoms. The van der Waals surface area contributed by atoms with Crippen LogP contribution in [0.5, 0.6) is 0 Å². The van der Waals surface area contributed by atoms with Crippen molar-refractivity contribution in [2.75, 3.05) is 36.4 Å². The molecule has 7 nitrogen and oxygen atoms in total. The van der Waals surface area contributed by atoms with Gasteiger partial charge in [0, 0.05) is 44.5 Å². The van der Waals surface area contributed by atoms with Gasteiger partial charge < -0.3 is 15.1 Å². The van der Waals surface area contributed by atoms with Gasteiger partial charge in [-0.2, -0.15) is 5.10 Å². The van der Waals surface area contributed by atoms with Crippen LogP contribution in [0, 0.1) is 11.8 Å². The molecular formula is C26H35N5O2. The van der Waals surface area contributed by atoms with Gasteiger partial charge in [-0.05, 0) is 60.9 Å². The van der Waals surface area contributed by atoms with Crippen LogP contribution in [-0.4, -0.2) is 53.1 Å². The van der Waals surface area contributed by atoms with Crippen LogP contribution in [0.25, 0.3) is 0 Å². The van der Waals surface area contributed by atoms with Gasteiger partial charge in [0.15, 0.2) is 5.82 Å². The summed E-state index contributed by atoms with van der Waals surface area (Å²) in [5, 5.41) is 11.2. The van der Waals surface area contributed by atoms with E-state index in [9.17, 15) is 9.59 Å². The lowest BCUT2D eigenvalue weighted by molar-refractivity contribution is -0.133. The first-order valence-corrected chi connectivity index (χ1v) is 12.2. The van der Waals surface area contributed by atoms with Crippen molar-refractivity contribution in [2.45, 2.75) is 51.9 Å². The van der Waals surface area contributed by atoms with Crippen LogP contribution >= 0.6 is 0 Å². The minimum atomic E-state index is -0.0519. The normalized spacial score (nSPS) is 20.0. The lowest BCUT2D eigenvalue weighted by atomic mass is 9.89. The average molecular weight is 450 g/mol. The molecule has 2 unspecified atom stereocenters. The van der Waals surface area contributed by atoms with Crippen molar-refractivity contribution in [3.63, 3.8) is 0 Å².